The highest BCUT2D eigenvalue weighted by Crippen LogP contribution is 2.30. The monoisotopic (exact) mass is 719 g/mol. The number of carbonyl (C=O) groups is 1. The van der Waals surface area contributed by atoms with Gasteiger partial charge >= 0.3 is 10.1 Å². The second-order valence-corrected chi connectivity index (χ2v) is 13.3. The highest BCUT2D eigenvalue weighted by molar-refractivity contribution is 7.87. The third-order valence-corrected chi connectivity index (χ3v) is 9.38. The summed E-state index contributed by atoms with van der Waals surface area (Å²) in [5.74, 6) is 0.590. The Morgan fingerprint density at radius 2 is 1.48 bits per heavy atom. The zero-order valence-corrected chi connectivity index (χ0v) is 28.4. The molecule has 5 aromatic carbocycles. The quantitative estimate of drug-likeness (QED) is 0.0855. The molecule has 13 heteroatoms. The largest absolute Gasteiger partial charge is 0.409 e. The number of amidine groups is 1. The maximum atomic E-state index is 13.9. The minimum Gasteiger partial charge on any atom is -0.409 e. The molecule has 2 heterocycles. The minimum atomic E-state index is -3.99. The van der Waals surface area contributed by atoms with Crippen molar-refractivity contribution in [3.63, 3.8) is 0 Å². The molecule has 1 aliphatic rings. The van der Waals surface area contributed by atoms with Crippen molar-refractivity contribution in [1.29, 1.82) is 0 Å². The molecule has 0 spiro atoms. The van der Waals surface area contributed by atoms with Crippen LogP contribution >= 0.6 is 23.8 Å². The van der Waals surface area contributed by atoms with Crippen LogP contribution in [0.2, 0.25) is 5.02 Å². The number of nitrogens with one attached hydrogen (secondary N) is 1. The molecule has 1 aliphatic heterocycles. The van der Waals surface area contributed by atoms with Gasteiger partial charge in [0.2, 0.25) is 5.89 Å². The molecule has 0 unspecified atom stereocenters. The van der Waals surface area contributed by atoms with Crippen molar-refractivity contribution in [1.82, 2.24) is 9.78 Å². The van der Waals surface area contributed by atoms with Gasteiger partial charge in [0.05, 0.1) is 5.69 Å². The van der Waals surface area contributed by atoms with Gasteiger partial charge in [-0.2, -0.15) is 8.42 Å². The second-order valence-electron chi connectivity index (χ2n) is 11.0. The van der Waals surface area contributed by atoms with Crippen molar-refractivity contribution >= 4 is 63.1 Å². The molecule has 0 radical (unpaired) electrons. The zero-order chi connectivity index (χ0) is 34.7. The lowest BCUT2D eigenvalue weighted by atomic mass is 10.1. The lowest BCUT2D eigenvalue weighted by Crippen LogP contribution is -2.32. The number of benzene rings is 5. The Kier molecular flexibility index (Phi) is 9.13. The molecule has 0 saturated carbocycles. The molecular weight excluding hydrogens is 694 g/mol. The number of nitrogens with zero attached hydrogens (tertiary/aromatic N) is 4. The van der Waals surface area contributed by atoms with Crippen LogP contribution in [-0.2, 0) is 21.6 Å². The Balaban J connectivity index is 1.11. The Bertz CT molecular complexity index is 2390. The van der Waals surface area contributed by atoms with E-state index in [0.717, 1.165) is 11.3 Å². The summed E-state index contributed by atoms with van der Waals surface area (Å²) in [7, 11) is -3.99. The van der Waals surface area contributed by atoms with E-state index in [1.165, 1.54) is 28.9 Å². The molecule has 0 aliphatic carbocycles. The van der Waals surface area contributed by atoms with Crippen LogP contribution in [0.1, 0.15) is 11.1 Å². The Morgan fingerprint density at radius 1 is 0.820 bits per heavy atom. The summed E-state index contributed by atoms with van der Waals surface area (Å²) < 4.78 is 37.9. The summed E-state index contributed by atoms with van der Waals surface area (Å²) in [5, 5.41) is 8.39. The van der Waals surface area contributed by atoms with E-state index in [-0.39, 0.29) is 27.1 Å². The highest BCUT2D eigenvalue weighted by atomic mass is 35.5. The van der Waals surface area contributed by atoms with Crippen LogP contribution in [0.25, 0.3) is 17.5 Å². The number of aromatic nitrogens is 2. The normalized spacial score (nSPS) is 13.8. The molecule has 248 valence electrons. The summed E-state index contributed by atoms with van der Waals surface area (Å²) in [6.45, 7) is 0.291. The first-order valence-electron chi connectivity index (χ1n) is 15.2. The Labute approximate surface area is 297 Å². The maximum absolute atomic E-state index is 13.9. The van der Waals surface area contributed by atoms with Crippen LogP contribution in [0, 0.1) is 4.84 Å². The lowest BCUT2D eigenvalue weighted by Gasteiger charge is -2.18. The first kappa shape index (κ1) is 32.7. The number of hydrogen-bond acceptors (Lipinski definition) is 9. The topological polar surface area (TPSA) is 119 Å². The van der Waals surface area contributed by atoms with Crippen molar-refractivity contribution in [2.24, 2.45) is 4.99 Å². The minimum absolute atomic E-state index is 0.0513. The summed E-state index contributed by atoms with van der Waals surface area (Å²) >= 11 is 11.4. The van der Waals surface area contributed by atoms with Crippen LogP contribution < -0.4 is 14.4 Å². The molecule has 6 aromatic rings. The molecule has 1 amide bonds. The second kappa shape index (κ2) is 14.0. The van der Waals surface area contributed by atoms with Gasteiger partial charge in [0.25, 0.3) is 10.7 Å². The van der Waals surface area contributed by atoms with Crippen LogP contribution in [0.5, 0.6) is 5.75 Å². The number of rotatable bonds is 10. The van der Waals surface area contributed by atoms with Crippen LogP contribution in [-0.4, -0.2) is 29.9 Å². The van der Waals surface area contributed by atoms with Gasteiger partial charge in [-0.25, -0.2) is 9.67 Å². The third-order valence-electron chi connectivity index (χ3n) is 7.57. The van der Waals surface area contributed by atoms with Crippen molar-refractivity contribution in [2.45, 2.75) is 11.6 Å². The van der Waals surface area contributed by atoms with Crippen molar-refractivity contribution < 1.29 is 21.8 Å². The maximum Gasteiger partial charge on any atom is 0.339 e. The fourth-order valence-corrected chi connectivity index (χ4v) is 6.35. The van der Waals surface area contributed by atoms with E-state index in [4.69, 9.17) is 37.4 Å². The molecule has 0 atom stereocenters. The predicted octanol–water partition coefficient (Wildman–Crippen LogP) is 8.20. The van der Waals surface area contributed by atoms with Gasteiger partial charge in [-0.3, -0.25) is 9.69 Å². The van der Waals surface area contributed by atoms with Gasteiger partial charge in [0, 0.05) is 21.8 Å². The Morgan fingerprint density at radius 3 is 2.16 bits per heavy atom. The summed E-state index contributed by atoms with van der Waals surface area (Å²) in [4.78, 5) is 20.4. The number of hydrogen-bond donors (Lipinski definition) is 1. The fraction of sp³-hybridized carbons (Fsp3) is 0.0270. The zero-order valence-electron chi connectivity index (χ0n) is 26.0. The highest BCUT2D eigenvalue weighted by Gasteiger charge is 2.32. The van der Waals surface area contributed by atoms with Gasteiger partial charge < -0.3 is 13.9 Å². The van der Waals surface area contributed by atoms with E-state index >= 15 is 0 Å². The number of anilines is 2. The van der Waals surface area contributed by atoms with E-state index in [1.807, 2.05) is 42.5 Å². The molecule has 0 saturated heterocycles. The lowest BCUT2D eigenvalue weighted by molar-refractivity contribution is -0.113. The van der Waals surface area contributed by atoms with Crippen LogP contribution in [0.3, 0.4) is 0 Å². The molecule has 0 fully saturated rings. The predicted molar refractivity (Wildman–Crippen MR) is 195 cm³/mol. The van der Waals surface area contributed by atoms with Crippen LogP contribution in [0.4, 0.5) is 11.4 Å². The number of aliphatic imine (C=N–C) groups is 1. The number of amides is 1. The van der Waals surface area contributed by atoms with Gasteiger partial charge in [-0.05, 0) is 96.7 Å². The van der Waals surface area contributed by atoms with Crippen molar-refractivity contribution in [2.75, 3.05) is 10.2 Å². The Hall–Kier alpha value is -5.82. The molecular formula is C37H26ClN5O5S2. The van der Waals surface area contributed by atoms with Gasteiger partial charge in [-0.1, -0.05) is 72.3 Å². The van der Waals surface area contributed by atoms with Crippen molar-refractivity contribution in [3.8, 4) is 17.2 Å². The SMILES string of the molecule is O=C1/C(=C/c2ccc(OS(=O)(=O)c3ccccc3)cc2)N=C(c2ccccc2)N1c1ccc(-c2nn(CNc3ccc(Cl)cc3)c(=S)o2)cc1. The smallest absolute Gasteiger partial charge is 0.339 e. The van der Waals surface area contributed by atoms with E-state index in [2.05, 4.69) is 10.4 Å². The van der Waals surface area contributed by atoms with E-state index < -0.39 is 10.1 Å². The molecule has 10 nitrogen and oxygen atoms in total. The average molecular weight is 720 g/mol. The molecule has 50 heavy (non-hydrogen) atoms. The van der Waals surface area contributed by atoms with Crippen molar-refractivity contribution in [3.05, 3.63) is 160 Å². The molecule has 0 bridgehead atoms. The summed E-state index contributed by atoms with van der Waals surface area (Å²) in [5.41, 5.74) is 3.69. The molecule has 7 rings (SSSR count). The standard InChI is InChI=1S/C37H26ClN5O5S2/c38-28-15-17-29(18-16-28)39-24-42-37(49)47-35(41-42)27-13-19-30(20-14-27)43-34(26-7-3-1-4-8-26)40-33(36(43)44)23-25-11-21-31(22-12-25)48-50(45,46)32-9-5-2-6-10-32/h1-23,39H,24H2/b33-23-. The molecule has 1 aromatic heterocycles. The first-order chi connectivity index (χ1) is 24.2. The summed E-state index contributed by atoms with van der Waals surface area (Å²) in [6.07, 6.45) is 1.64. The van der Waals surface area contributed by atoms with Gasteiger partial charge in [-0.15, -0.1) is 5.10 Å². The van der Waals surface area contributed by atoms with E-state index in [9.17, 15) is 13.2 Å². The van der Waals surface area contributed by atoms with E-state index in [1.54, 1.807) is 77.7 Å². The van der Waals surface area contributed by atoms with E-state index in [0.29, 0.717) is 40.2 Å². The first-order valence-corrected chi connectivity index (χ1v) is 17.4. The van der Waals surface area contributed by atoms with Crippen LogP contribution in [0.15, 0.2) is 153 Å². The fourth-order valence-electron chi connectivity index (χ4n) is 5.09. The van der Waals surface area contributed by atoms with Gasteiger partial charge in [0.15, 0.2) is 0 Å². The molecule has 1 N–H and O–H groups in total. The number of carbonyl (C=O) groups excluding carboxylic acids is 1. The third kappa shape index (κ3) is 7.13. The average Bonchev–Trinajstić information content (AvgIpc) is 3.68. The van der Waals surface area contributed by atoms with Gasteiger partial charge in [0.1, 0.15) is 28.8 Å². The summed E-state index contributed by atoms with van der Waals surface area (Å²) in [6, 6.07) is 38.1. The number of halogens is 1.